The average molecular weight is 315 g/mol. The molecule has 0 aromatic heterocycles. The molecule has 112 valence electrons. The van der Waals surface area contributed by atoms with E-state index in [4.69, 9.17) is 5.11 Å². The summed E-state index contributed by atoms with van der Waals surface area (Å²) in [5, 5.41) is 12.3. The van der Waals surface area contributed by atoms with E-state index in [0.717, 1.165) is 5.56 Å². The fourth-order valence-electron chi connectivity index (χ4n) is 1.24. The summed E-state index contributed by atoms with van der Waals surface area (Å²) < 4.78 is 26.2. The minimum absolute atomic E-state index is 0.00270. The molecule has 1 aromatic carbocycles. The smallest absolute Gasteiger partial charge is 0.240 e. The third-order valence-corrected chi connectivity index (χ3v) is 4.39. The highest BCUT2D eigenvalue weighted by molar-refractivity contribution is 8.35. The standard InChI is InChI=1S/C14H21NO3S2/c1-12(16)11-15-20(17,18)14-7-5-13(6-8-14)9-10-19(2,3)4/h5-8,12,15-16H,11H2,1-4H3/t12-/m1/s1. The van der Waals surface area contributed by atoms with E-state index in [9.17, 15) is 8.42 Å². The molecule has 0 aliphatic rings. The molecule has 0 radical (unpaired) electrons. The second-order valence-corrected chi connectivity index (χ2v) is 10.9. The molecule has 20 heavy (non-hydrogen) atoms. The van der Waals surface area contributed by atoms with E-state index in [0.29, 0.717) is 0 Å². The zero-order chi connectivity index (χ0) is 15.4. The van der Waals surface area contributed by atoms with E-state index in [2.05, 4.69) is 34.7 Å². The van der Waals surface area contributed by atoms with Gasteiger partial charge in [-0.2, -0.15) is 10.0 Å². The van der Waals surface area contributed by atoms with Crippen LogP contribution in [0.25, 0.3) is 0 Å². The molecule has 0 spiro atoms. The molecule has 0 aliphatic heterocycles. The first-order chi connectivity index (χ1) is 9.10. The third kappa shape index (κ3) is 5.97. The molecule has 0 saturated heterocycles. The lowest BCUT2D eigenvalue weighted by Crippen LogP contribution is -2.30. The minimum Gasteiger partial charge on any atom is -0.392 e. The summed E-state index contributed by atoms with van der Waals surface area (Å²) in [4.78, 5) is 0.173. The van der Waals surface area contributed by atoms with Crippen LogP contribution in [0.1, 0.15) is 12.5 Å². The van der Waals surface area contributed by atoms with Crippen LogP contribution in [0.5, 0.6) is 0 Å². The van der Waals surface area contributed by atoms with E-state index in [1.165, 1.54) is 19.1 Å². The van der Waals surface area contributed by atoms with Gasteiger partial charge in [-0.25, -0.2) is 13.1 Å². The molecule has 0 unspecified atom stereocenters. The Labute approximate surface area is 123 Å². The minimum atomic E-state index is -3.57. The Bertz CT molecular complexity index is 603. The fourth-order valence-corrected chi connectivity index (χ4v) is 2.79. The first-order valence-electron chi connectivity index (χ1n) is 6.09. The molecular weight excluding hydrogens is 294 g/mol. The number of aliphatic hydroxyl groups excluding tert-OH is 1. The molecule has 2 N–H and O–H groups in total. The summed E-state index contributed by atoms with van der Waals surface area (Å²) in [5.41, 5.74) is 0.793. The number of hydrogen-bond donors (Lipinski definition) is 2. The zero-order valence-electron chi connectivity index (χ0n) is 12.2. The second kappa shape index (κ2) is 6.64. The van der Waals surface area contributed by atoms with Gasteiger partial charge in [-0.05, 0) is 55.2 Å². The number of aliphatic hydroxyl groups is 1. The summed E-state index contributed by atoms with van der Waals surface area (Å²) >= 11 is 0. The molecule has 0 aliphatic carbocycles. The number of hydrogen-bond acceptors (Lipinski definition) is 3. The van der Waals surface area contributed by atoms with Crippen LogP contribution in [0.15, 0.2) is 29.2 Å². The van der Waals surface area contributed by atoms with E-state index in [-0.39, 0.29) is 11.4 Å². The highest BCUT2D eigenvalue weighted by atomic mass is 32.3. The van der Waals surface area contributed by atoms with Gasteiger partial charge in [0, 0.05) is 12.1 Å². The number of benzene rings is 1. The van der Waals surface area contributed by atoms with Gasteiger partial charge in [0.2, 0.25) is 10.0 Å². The first kappa shape index (κ1) is 17.1. The van der Waals surface area contributed by atoms with Crippen molar-refractivity contribution in [1.82, 2.24) is 4.72 Å². The van der Waals surface area contributed by atoms with Crippen LogP contribution in [0, 0.1) is 11.2 Å². The summed E-state index contributed by atoms with van der Waals surface area (Å²) in [7, 11) is -4.47. The van der Waals surface area contributed by atoms with Crippen LogP contribution >= 0.6 is 10.0 Å². The molecule has 0 heterocycles. The number of rotatable bonds is 4. The van der Waals surface area contributed by atoms with Crippen LogP contribution in [0.2, 0.25) is 0 Å². The average Bonchev–Trinajstić information content (AvgIpc) is 2.34. The van der Waals surface area contributed by atoms with Crippen molar-refractivity contribution in [2.24, 2.45) is 0 Å². The normalized spacial score (nSPS) is 14.2. The van der Waals surface area contributed by atoms with Crippen molar-refractivity contribution in [3.05, 3.63) is 29.8 Å². The van der Waals surface area contributed by atoms with Crippen LogP contribution < -0.4 is 4.72 Å². The Balaban J connectivity index is 2.88. The molecule has 4 nitrogen and oxygen atoms in total. The lowest BCUT2D eigenvalue weighted by molar-refractivity contribution is 0.198. The van der Waals surface area contributed by atoms with Gasteiger partial charge >= 0.3 is 0 Å². The van der Waals surface area contributed by atoms with E-state index in [1.54, 1.807) is 12.1 Å². The van der Waals surface area contributed by atoms with Crippen molar-refractivity contribution in [3.8, 4) is 11.2 Å². The van der Waals surface area contributed by atoms with Gasteiger partial charge in [0.05, 0.1) is 11.0 Å². The summed E-state index contributed by atoms with van der Waals surface area (Å²) in [6.07, 6.45) is 5.57. The molecule has 0 saturated carbocycles. The number of nitrogens with one attached hydrogen (secondary N) is 1. The highest BCUT2D eigenvalue weighted by Crippen LogP contribution is 2.32. The second-order valence-electron chi connectivity index (χ2n) is 5.29. The molecule has 1 rings (SSSR count). The summed E-state index contributed by atoms with van der Waals surface area (Å²) in [6, 6.07) is 6.42. The largest absolute Gasteiger partial charge is 0.392 e. The Hall–Kier alpha value is -1.00. The van der Waals surface area contributed by atoms with Crippen molar-refractivity contribution < 1.29 is 13.5 Å². The maximum absolute atomic E-state index is 11.9. The molecule has 1 aromatic rings. The predicted octanol–water partition coefficient (Wildman–Crippen LogP) is 1.35. The van der Waals surface area contributed by atoms with Gasteiger partial charge in [0.25, 0.3) is 0 Å². The SMILES string of the molecule is C[C@@H](O)CNS(=O)(=O)c1ccc(C#CS(C)(C)C)cc1. The lowest BCUT2D eigenvalue weighted by atomic mass is 10.2. The molecule has 0 bridgehead atoms. The zero-order valence-corrected chi connectivity index (χ0v) is 13.8. The van der Waals surface area contributed by atoms with Crippen LogP contribution in [-0.2, 0) is 10.0 Å². The topological polar surface area (TPSA) is 66.4 Å². The van der Waals surface area contributed by atoms with Gasteiger partial charge < -0.3 is 5.11 Å². The first-order valence-corrected chi connectivity index (χ1v) is 10.4. The van der Waals surface area contributed by atoms with E-state index < -0.39 is 26.2 Å². The van der Waals surface area contributed by atoms with Gasteiger partial charge in [0.1, 0.15) is 0 Å². The Morgan fingerprint density at radius 1 is 1.20 bits per heavy atom. The quantitative estimate of drug-likeness (QED) is 0.824. The van der Waals surface area contributed by atoms with Crippen LogP contribution in [0.4, 0.5) is 0 Å². The summed E-state index contributed by atoms with van der Waals surface area (Å²) in [5.74, 6) is 3.05. The van der Waals surface area contributed by atoms with Crippen molar-refractivity contribution in [2.45, 2.75) is 17.9 Å². The monoisotopic (exact) mass is 315 g/mol. The fraction of sp³-hybridized carbons (Fsp3) is 0.429. The van der Waals surface area contributed by atoms with Gasteiger partial charge in [-0.3, -0.25) is 0 Å². The molecule has 0 fully saturated rings. The third-order valence-electron chi connectivity index (χ3n) is 2.23. The maximum atomic E-state index is 11.9. The van der Waals surface area contributed by atoms with Crippen molar-refractivity contribution in [2.75, 3.05) is 25.3 Å². The molecule has 6 heteroatoms. The molecular formula is C14H21NO3S2. The van der Waals surface area contributed by atoms with Crippen LogP contribution in [0.3, 0.4) is 0 Å². The van der Waals surface area contributed by atoms with Gasteiger partial charge in [-0.15, -0.1) is 0 Å². The van der Waals surface area contributed by atoms with E-state index >= 15 is 0 Å². The highest BCUT2D eigenvalue weighted by Gasteiger charge is 2.13. The van der Waals surface area contributed by atoms with Crippen LogP contribution in [-0.4, -0.2) is 44.9 Å². The summed E-state index contributed by atoms with van der Waals surface area (Å²) in [6.45, 7) is 1.52. The predicted molar refractivity (Wildman–Crippen MR) is 85.6 cm³/mol. The number of sulfonamides is 1. The maximum Gasteiger partial charge on any atom is 0.240 e. The Morgan fingerprint density at radius 3 is 2.20 bits per heavy atom. The van der Waals surface area contributed by atoms with Gasteiger partial charge in [-0.1, -0.05) is 5.92 Å². The Kier molecular flexibility index (Phi) is 5.66. The van der Waals surface area contributed by atoms with Crippen molar-refractivity contribution >= 4 is 20.1 Å². The van der Waals surface area contributed by atoms with Crippen molar-refractivity contribution in [1.29, 1.82) is 0 Å². The van der Waals surface area contributed by atoms with Crippen molar-refractivity contribution in [3.63, 3.8) is 0 Å². The lowest BCUT2D eigenvalue weighted by Gasteiger charge is -2.14. The Morgan fingerprint density at radius 2 is 1.75 bits per heavy atom. The molecule has 0 amide bonds. The van der Waals surface area contributed by atoms with Gasteiger partial charge in [0.15, 0.2) is 0 Å². The van der Waals surface area contributed by atoms with E-state index in [1.807, 2.05) is 0 Å². The molecule has 1 atom stereocenters.